The average molecular weight is 488 g/mol. The van der Waals surface area contributed by atoms with Crippen LogP contribution in [0.2, 0.25) is 16.6 Å². The summed E-state index contributed by atoms with van der Waals surface area (Å²) in [5.41, 5.74) is 6.22. The van der Waals surface area contributed by atoms with Crippen LogP contribution in [0.1, 0.15) is 69.9 Å². The van der Waals surface area contributed by atoms with Gasteiger partial charge in [-0.2, -0.15) is 0 Å². The second kappa shape index (κ2) is 11.6. The lowest BCUT2D eigenvalue weighted by Crippen LogP contribution is -2.50. The fourth-order valence-corrected chi connectivity index (χ4v) is 10.7. The number of hydrogen-bond acceptors (Lipinski definition) is 5. The second-order valence-corrected chi connectivity index (χ2v) is 15.8. The summed E-state index contributed by atoms with van der Waals surface area (Å²) in [4.78, 5) is 1.98. The third kappa shape index (κ3) is 5.78. The topological polar surface area (TPSA) is 51.2 Å². The fraction of sp³-hybridized carbons (Fsp3) is 0.571. The standard InChI is InChI=1S/C28H45NO4Si/c1-18(2)34(19(3)4,20(5)6)33-24-14-21(7)27(22(8)15-24)28(30)23-12-13-26(32-17-31-11)25(16-23)29(9)10/h12-16,18-20,28,30H,17H2,1-11H3. The summed E-state index contributed by atoms with van der Waals surface area (Å²) in [6.45, 7) is 18.1. The maximum Gasteiger partial charge on any atom is 0.258 e. The van der Waals surface area contributed by atoms with Gasteiger partial charge in [0.2, 0.25) is 0 Å². The molecule has 0 aliphatic heterocycles. The zero-order valence-corrected chi connectivity index (χ0v) is 24.0. The van der Waals surface area contributed by atoms with Crippen LogP contribution in [0.3, 0.4) is 0 Å². The molecular formula is C28H45NO4Si. The number of ether oxygens (including phenoxy) is 2. The monoisotopic (exact) mass is 487 g/mol. The third-order valence-corrected chi connectivity index (χ3v) is 13.0. The van der Waals surface area contributed by atoms with E-state index in [9.17, 15) is 5.11 Å². The Kier molecular flexibility index (Phi) is 9.63. The highest BCUT2D eigenvalue weighted by molar-refractivity contribution is 6.78. The molecule has 2 aromatic rings. The number of rotatable bonds is 11. The third-order valence-electron chi connectivity index (χ3n) is 6.96. The molecule has 0 spiro atoms. The quantitative estimate of drug-likeness (QED) is 0.273. The Morgan fingerprint density at radius 3 is 1.85 bits per heavy atom. The molecule has 0 saturated carbocycles. The summed E-state index contributed by atoms with van der Waals surface area (Å²) < 4.78 is 17.7. The summed E-state index contributed by atoms with van der Waals surface area (Å²) in [5.74, 6) is 1.64. The molecule has 0 saturated heterocycles. The van der Waals surface area contributed by atoms with Crippen LogP contribution < -0.4 is 14.1 Å². The Hall–Kier alpha value is -2.02. The lowest BCUT2D eigenvalue weighted by molar-refractivity contribution is 0.0514. The number of anilines is 1. The van der Waals surface area contributed by atoms with Crippen LogP contribution in [0.5, 0.6) is 11.5 Å². The molecule has 0 aliphatic rings. The molecular weight excluding hydrogens is 442 g/mol. The Morgan fingerprint density at radius 2 is 1.41 bits per heavy atom. The van der Waals surface area contributed by atoms with Gasteiger partial charge < -0.3 is 23.9 Å². The number of aliphatic hydroxyl groups is 1. The highest BCUT2D eigenvalue weighted by Crippen LogP contribution is 2.44. The number of hydrogen-bond donors (Lipinski definition) is 1. The minimum Gasteiger partial charge on any atom is -0.543 e. The largest absolute Gasteiger partial charge is 0.543 e. The van der Waals surface area contributed by atoms with Crippen LogP contribution >= 0.6 is 0 Å². The summed E-state index contributed by atoms with van der Waals surface area (Å²) in [6.07, 6.45) is -0.744. The predicted molar refractivity (Wildman–Crippen MR) is 145 cm³/mol. The smallest absolute Gasteiger partial charge is 0.258 e. The Balaban J connectivity index is 2.46. The first-order valence-electron chi connectivity index (χ1n) is 12.3. The molecule has 0 bridgehead atoms. The van der Waals surface area contributed by atoms with Gasteiger partial charge in [0.05, 0.1) is 5.69 Å². The zero-order valence-electron chi connectivity index (χ0n) is 23.0. The Labute approximate surface area is 208 Å². The van der Waals surface area contributed by atoms with Crippen molar-refractivity contribution in [3.8, 4) is 11.5 Å². The summed E-state index contributed by atoms with van der Waals surface area (Å²) >= 11 is 0. The highest BCUT2D eigenvalue weighted by atomic mass is 28.4. The van der Waals surface area contributed by atoms with Gasteiger partial charge in [0.15, 0.2) is 6.79 Å². The number of aliphatic hydroxyl groups excluding tert-OH is 1. The van der Waals surface area contributed by atoms with Crippen LogP contribution in [-0.2, 0) is 4.74 Å². The molecule has 2 aromatic carbocycles. The van der Waals surface area contributed by atoms with Crippen LogP contribution in [0.25, 0.3) is 0 Å². The molecule has 6 heteroatoms. The van der Waals surface area contributed by atoms with Crippen LogP contribution in [0, 0.1) is 13.8 Å². The molecule has 0 amide bonds. The first-order chi connectivity index (χ1) is 15.9. The molecule has 5 nitrogen and oxygen atoms in total. The molecule has 0 aliphatic carbocycles. The van der Waals surface area contributed by atoms with E-state index in [0.717, 1.165) is 39.4 Å². The molecule has 1 atom stereocenters. The minimum absolute atomic E-state index is 0.177. The van der Waals surface area contributed by atoms with Crippen molar-refractivity contribution in [2.45, 2.75) is 78.1 Å². The second-order valence-electron chi connectivity index (χ2n) is 10.5. The summed E-state index contributed by atoms with van der Waals surface area (Å²) in [5, 5.41) is 11.4. The van der Waals surface area contributed by atoms with E-state index >= 15 is 0 Å². The van der Waals surface area contributed by atoms with Gasteiger partial charge in [0.1, 0.15) is 17.6 Å². The van der Waals surface area contributed by atoms with Crippen molar-refractivity contribution in [3.05, 3.63) is 52.6 Å². The van der Waals surface area contributed by atoms with Gasteiger partial charge in [0, 0.05) is 21.2 Å². The maximum atomic E-state index is 11.4. The van der Waals surface area contributed by atoms with Crippen molar-refractivity contribution in [1.29, 1.82) is 0 Å². The van der Waals surface area contributed by atoms with E-state index in [1.54, 1.807) is 7.11 Å². The molecule has 2 rings (SSSR count). The van der Waals surface area contributed by atoms with Gasteiger partial charge in [-0.1, -0.05) is 47.6 Å². The van der Waals surface area contributed by atoms with E-state index in [1.165, 1.54) is 0 Å². The number of aryl methyl sites for hydroxylation is 2. The van der Waals surface area contributed by atoms with Crippen LogP contribution in [0.15, 0.2) is 30.3 Å². The van der Waals surface area contributed by atoms with E-state index < -0.39 is 14.4 Å². The predicted octanol–water partition coefficient (Wildman–Crippen LogP) is 6.99. The molecule has 0 fully saturated rings. The van der Waals surface area contributed by atoms with Gasteiger partial charge >= 0.3 is 0 Å². The Bertz CT molecular complexity index is 911. The van der Waals surface area contributed by atoms with E-state index in [2.05, 4.69) is 67.5 Å². The molecule has 1 unspecified atom stereocenters. The number of methoxy groups -OCH3 is 1. The molecule has 190 valence electrons. The van der Waals surface area contributed by atoms with E-state index in [0.29, 0.717) is 16.6 Å². The van der Waals surface area contributed by atoms with Crippen molar-refractivity contribution in [2.24, 2.45) is 0 Å². The van der Waals surface area contributed by atoms with Crippen molar-refractivity contribution in [3.63, 3.8) is 0 Å². The fourth-order valence-electron chi connectivity index (χ4n) is 5.45. The minimum atomic E-state index is -2.05. The van der Waals surface area contributed by atoms with Crippen molar-refractivity contribution < 1.29 is 19.0 Å². The van der Waals surface area contributed by atoms with E-state index in [4.69, 9.17) is 13.9 Å². The van der Waals surface area contributed by atoms with Gasteiger partial charge in [-0.05, 0) is 77.0 Å². The van der Waals surface area contributed by atoms with Crippen LogP contribution in [0.4, 0.5) is 5.69 Å². The molecule has 1 N–H and O–H groups in total. The maximum absolute atomic E-state index is 11.4. The van der Waals surface area contributed by atoms with Crippen LogP contribution in [-0.4, -0.2) is 41.4 Å². The molecule has 0 heterocycles. The zero-order chi connectivity index (χ0) is 25.8. The lowest BCUT2D eigenvalue weighted by atomic mass is 9.93. The van der Waals surface area contributed by atoms with E-state index in [1.807, 2.05) is 37.2 Å². The van der Waals surface area contributed by atoms with Crippen molar-refractivity contribution in [1.82, 2.24) is 0 Å². The molecule has 0 radical (unpaired) electrons. The number of nitrogens with zero attached hydrogens (tertiary/aromatic N) is 1. The van der Waals surface area contributed by atoms with Gasteiger partial charge in [0.25, 0.3) is 8.32 Å². The average Bonchev–Trinajstić information content (AvgIpc) is 2.74. The molecule has 34 heavy (non-hydrogen) atoms. The van der Waals surface area contributed by atoms with Crippen molar-refractivity contribution in [2.75, 3.05) is 32.9 Å². The Morgan fingerprint density at radius 1 is 0.882 bits per heavy atom. The highest BCUT2D eigenvalue weighted by Gasteiger charge is 2.47. The number of benzene rings is 2. The van der Waals surface area contributed by atoms with E-state index in [-0.39, 0.29) is 6.79 Å². The first-order valence-corrected chi connectivity index (χ1v) is 14.4. The normalized spacial score (nSPS) is 13.0. The summed E-state index contributed by atoms with van der Waals surface area (Å²) in [6, 6.07) is 9.99. The van der Waals surface area contributed by atoms with Gasteiger partial charge in [-0.15, -0.1) is 0 Å². The van der Waals surface area contributed by atoms with Gasteiger partial charge in [-0.25, -0.2) is 0 Å². The SMILES string of the molecule is COCOc1ccc(C(O)c2c(C)cc(O[Si](C(C)C)(C(C)C)C(C)C)cc2C)cc1N(C)C. The van der Waals surface area contributed by atoms with Crippen molar-refractivity contribution >= 4 is 14.0 Å². The first kappa shape index (κ1) is 28.2. The van der Waals surface area contributed by atoms with Gasteiger partial charge in [-0.3, -0.25) is 0 Å². The molecule has 0 aromatic heterocycles. The lowest BCUT2D eigenvalue weighted by Gasteiger charge is -2.42. The summed E-state index contributed by atoms with van der Waals surface area (Å²) in [7, 11) is 3.47.